The summed E-state index contributed by atoms with van der Waals surface area (Å²) in [6, 6.07) is 4.50. The number of benzene rings is 1. The highest BCUT2D eigenvalue weighted by Gasteiger charge is 2.25. The number of carbonyl (C=O) groups excluding carboxylic acids is 1. The van der Waals surface area contributed by atoms with Crippen LogP contribution >= 0.6 is 0 Å². The number of anilines is 1. The normalized spacial score (nSPS) is 20.4. The summed E-state index contributed by atoms with van der Waals surface area (Å²) in [6.45, 7) is 3.39. The van der Waals surface area contributed by atoms with Gasteiger partial charge in [0.1, 0.15) is 5.82 Å². The third kappa shape index (κ3) is 3.78. The molecule has 1 aliphatic carbocycles. The largest absolute Gasteiger partial charge is 0.393 e. The molecule has 1 aliphatic heterocycles. The van der Waals surface area contributed by atoms with Crippen LogP contribution in [0.25, 0.3) is 0 Å². The van der Waals surface area contributed by atoms with Crippen molar-refractivity contribution in [3.63, 3.8) is 0 Å². The first-order valence-electron chi connectivity index (χ1n) is 8.72. The van der Waals surface area contributed by atoms with Crippen molar-refractivity contribution >= 4 is 11.6 Å². The maximum Gasteiger partial charge on any atom is 0.224 e. The minimum atomic E-state index is -0.297. The summed E-state index contributed by atoms with van der Waals surface area (Å²) >= 11 is 0. The Balaban J connectivity index is 1.75. The molecule has 130 valence electrons. The van der Waals surface area contributed by atoms with Crippen LogP contribution in [0, 0.1) is 11.7 Å². The molecule has 1 heterocycles. The van der Waals surface area contributed by atoms with Gasteiger partial charge in [-0.15, -0.1) is 0 Å². The molecule has 0 aromatic heterocycles. The number of aliphatic hydroxyl groups excluding tert-OH is 1. The molecule has 1 atom stereocenters. The predicted octanol–water partition coefficient (Wildman–Crippen LogP) is 2.93. The van der Waals surface area contributed by atoms with Gasteiger partial charge in [-0.25, -0.2) is 4.39 Å². The number of carbonyl (C=O) groups is 1. The maximum absolute atomic E-state index is 13.8. The number of halogens is 1. The zero-order chi connectivity index (χ0) is 17.1. The average molecular weight is 332 g/mol. The van der Waals surface area contributed by atoms with Crippen LogP contribution in [0.2, 0.25) is 0 Å². The van der Waals surface area contributed by atoms with E-state index in [1.54, 1.807) is 6.07 Å². The number of rotatable bonds is 4. The first-order chi connectivity index (χ1) is 11.5. The fourth-order valence-corrected chi connectivity index (χ4v) is 3.51. The maximum atomic E-state index is 13.8. The van der Waals surface area contributed by atoms with Crippen molar-refractivity contribution in [2.75, 3.05) is 18.0 Å². The third-order valence-electron chi connectivity index (χ3n) is 5.00. The molecule has 4 nitrogen and oxygen atoms in total. The van der Waals surface area contributed by atoms with Gasteiger partial charge < -0.3 is 15.3 Å². The zero-order valence-corrected chi connectivity index (χ0v) is 14.0. The highest BCUT2D eigenvalue weighted by molar-refractivity contribution is 5.80. The molecule has 0 saturated carbocycles. The van der Waals surface area contributed by atoms with Crippen LogP contribution in [0.3, 0.4) is 0 Å². The van der Waals surface area contributed by atoms with Crippen molar-refractivity contribution in [1.29, 1.82) is 0 Å². The second kappa shape index (κ2) is 7.34. The first-order valence-corrected chi connectivity index (χ1v) is 8.72. The second-order valence-electron chi connectivity index (χ2n) is 6.79. The van der Waals surface area contributed by atoms with Gasteiger partial charge in [0.05, 0.1) is 12.1 Å². The van der Waals surface area contributed by atoms with Crippen LogP contribution in [0.4, 0.5) is 10.1 Å². The first kappa shape index (κ1) is 17.0. The Labute approximate surface area is 142 Å². The van der Waals surface area contributed by atoms with E-state index in [4.69, 9.17) is 0 Å². The number of hydrogen-bond acceptors (Lipinski definition) is 3. The van der Waals surface area contributed by atoms with Gasteiger partial charge >= 0.3 is 0 Å². The second-order valence-corrected chi connectivity index (χ2v) is 6.79. The SMILES string of the molecule is CC(NC(=O)C1CC=CC1)c1cc(F)ccc1N1CCC(O)CC1. The monoisotopic (exact) mass is 332 g/mol. The molecule has 2 N–H and O–H groups in total. The zero-order valence-electron chi connectivity index (χ0n) is 14.0. The Bertz CT molecular complexity index is 616. The third-order valence-corrected chi connectivity index (χ3v) is 5.00. The molecule has 0 spiro atoms. The summed E-state index contributed by atoms with van der Waals surface area (Å²) in [5.41, 5.74) is 1.74. The highest BCUT2D eigenvalue weighted by atomic mass is 19.1. The van der Waals surface area contributed by atoms with Crippen LogP contribution in [-0.4, -0.2) is 30.2 Å². The molecule has 1 aromatic rings. The molecule has 2 aliphatic rings. The van der Waals surface area contributed by atoms with E-state index in [1.165, 1.54) is 12.1 Å². The Morgan fingerprint density at radius 1 is 1.29 bits per heavy atom. The minimum Gasteiger partial charge on any atom is -0.393 e. The van der Waals surface area contributed by atoms with E-state index in [-0.39, 0.29) is 29.8 Å². The highest BCUT2D eigenvalue weighted by Crippen LogP contribution is 2.30. The van der Waals surface area contributed by atoms with E-state index in [0.29, 0.717) is 12.8 Å². The molecule has 1 aromatic carbocycles. The Morgan fingerprint density at radius 2 is 1.96 bits per heavy atom. The van der Waals surface area contributed by atoms with Gasteiger partial charge in [-0.05, 0) is 50.8 Å². The van der Waals surface area contributed by atoms with Gasteiger partial charge in [0.25, 0.3) is 0 Å². The van der Waals surface area contributed by atoms with Gasteiger partial charge in [0, 0.05) is 30.3 Å². The van der Waals surface area contributed by atoms with Crippen molar-refractivity contribution in [2.24, 2.45) is 5.92 Å². The van der Waals surface area contributed by atoms with Crippen molar-refractivity contribution < 1.29 is 14.3 Å². The summed E-state index contributed by atoms with van der Waals surface area (Å²) in [7, 11) is 0. The molecular formula is C19H25FN2O2. The molecule has 0 radical (unpaired) electrons. The molecular weight excluding hydrogens is 307 g/mol. The molecule has 5 heteroatoms. The summed E-state index contributed by atoms with van der Waals surface area (Å²) in [6.07, 6.45) is 6.79. The van der Waals surface area contributed by atoms with Gasteiger partial charge in [-0.1, -0.05) is 12.2 Å². The Kier molecular flexibility index (Phi) is 5.19. The Hall–Kier alpha value is -1.88. The Morgan fingerprint density at radius 3 is 2.62 bits per heavy atom. The summed E-state index contributed by atoms with van der Waals surface area (Å²) in [4.78, 5) is 14.5. The number of aliphatic hydroxyl groups is 1. The average Bonchev–Trinajstić information content (AvgIpc) is 3.10. The van der Waals surface area contributed by atoms with E-state index in [2.05, 4.69) is 10.2 Å². The van der Waals surface area contributed by atoms with Crippen LogP contribution in [-0.2, 0) is 4.79 Å². The van der Waals surface area contributed by atoms with Gasteiger partial charge in [-0.2, -0.15) is 0 Å². The molecule has 24 heavy (non-hydrogen) atoms. The van der Waals surface area contributed by atoms with E-state index in [1.807, 2.05) is 19.1 Å². The minimum absolute atomic E-state index is 0.00501. The van der Waals surface area contributed by atoms with Crippen molar-refractivity contribution in [1.82, 2.24) is 5.32 Å². The topological polar surface area (TPSA) is 52.6 Å². The van der Waals surface area contributed by atoms with Gasteiger partial charge in [0.15, 0.2) is 0 Å². The van der Waals surface area contributed by atoms with Crippen LogP contribution < -0.4 is 10.2 Å². The molecule has 1 amide bonds. The number of nitrogens with one attached hydrogen (secondary N) is 1. The number of amides is 1. The molecule has 3 rings (SSSR count). The lowest BCUT2D eigenvalue weighted by atomic mass is 10.00. The molecule has 0 bridgehead atoms. The fourth-order valence-electron chi connectivity index (χ4n) is 3.51. The standard InChI is InChI=1S/C19H25FN2O2/c1-13(21-19(24)14-4-2-3-5-14)17-12-15(20)6-7-18(17)22-10-8-16(23)9-11-22/h2-3,6-7,12-14,16,23H,4-5,8-11H2,1H3,(H,21,24). The van der Waals surface area contributed by atoms with Crippen molar-refractivity contribution in [3.05, 3.63) is 41.7 Å². The molecule has 1 unspecified atom stereocenters. The number of allylic oxidation sites excluding steroid dienone is 2. The van der Waals surface area contributed by atoms with E-state index >= 15 is 0 Å². The van der Waals surface area contributed by atoms with E-state index < -0.39 is 0 Å². The summed E-state index contributed by atoms with van der Waals surface area (Å²) in [5.74, 6) is -0.277. The molecule has 1 saturated heterocycles. The summed E-state index contributed by atoms with van der Waals surface area (Å²) < 4.78 is 13.8. The van der Waals surface area contributed by atoms with Gasteiger partial charge in [-0.3, -0.25) is 4.79 Å². The quantitative estimate of drug-likeness (QED) is 0.834. The number of piperidine rings is 1. The molecule has 1 fully saturated rings. The predicted molar refractivity (Wildman–Crippen MR) is 92.3 cm³/mol. The van der Waals surface area contributed by atoms with Crippen LogP contribution in [0.15, 0.2) is 30.4 Å². The lowest BCUT2D eigenvalue weighted by Gasteiger charge is -2.34. The van der Waals surface area contributed by atoms with Crippen molar-refractivity contribution in [3.8, 4) is 0 Å². The van der Waals surface area contributed by atoms with Gasteiger partial charge in [0.2, 0.25) is 5.91 Å². The summed E-state index contributed by atoms with van der Waals surface area (Å²) in [5, 5.41) is 12.7. The van der Waals surface area contributed by atoms with Crippen LogP contribution in [0.5, 0.6) is 0 Å². The van der Waals surface area contributed by atoms with E-state index in [0.717, 1.165) is 37.2 Å². The lowest BCUT2D eigenvalue weighted by Crippen LogP contribution is -2.37. The smallest absolute Gasteiger partial charge is 0.224 e. The van der Waals surface area contributed by atoms with Crippen molar-refractivity contribution in [2.45, 2.75) is 44.8 Å². The van der Waals surface area contributed by atoms with E-state index in [9.17, 15) is 14.3 Å². The number of hydrogen-bond donors (Lipinski definition) is 2. The number of nitrogens with zero attached hydrogens (tertiary/aromatic N) is 1. The van der Waals surface area contributed by atoms with Crippen LogP contribution in [0.1, 0.15) is 44.2 Å². The fraction of sp³-hybridized carbons (Fsp3) is 0.526. The lowest BCUT2D eigenvalue weighted by molar-refractivity contribution is -0.125.